The largest absolute Gasteiger partial charge is 0.409 e. The van der Waals surface area contributed by atoms with Crippen molar-refractivity contribution < 1.29 is 28.5 Å². The van der Waals surface area contributed by atoms with Crippen LogP contribution in [-0.4, -0.2) is 62.6 Å². The van der Waals surface area contributed by atoms with Crippen molar-refractivity contribution in [3.05, 3.63) is 0 Å². The number of rotatable bonds is 8. The normalized spacial score (nSPS) is 34.2. The average molecular weight is 391 g/mol. The van der Waals surface area contributed by atoms with Gasteiger partial charge in [-0.25, -0.2) is 0 Å². The van der Waals surface area contributed by atoms with Gasteiger partial charge >= 0.3 is 0 Å². The molecule has 26 heavy (non-hydrogen) atoms. The van der Waals surface area contributed by atoms with Gasteiger partial charge in [0.25, 0.3) is 0 Å². The van der Waals surface area contributed by atoms with E-state index in [0.717, 1.165) is 18.1 Å². The third-order valence-electron chi connectivity index (χ3n) is 5.67. The number of aliphatic hydroxyl groups excluding tert-OH is 1. The minimum atomic E-state index is -1.83. The maximum atomic E-state index is 9.46. The molecule has 0 aromatic carbocycles. The van der Waals surface area contributed by atoms with Gasteiger partial charge in [-0.15, -0.1) is 0 Å². The molecular formula is C19H38O6Si. The summed E-state index contributed by atoms with van der Waals surface area (Å²) in [6, 6.07) is 3.21. The minimum Gasteiger partial charge on any atom is -0.409 e. The van der Waals surface area contributed by atoms with Crippen LogP contribution in [0.5, 0.6) is 0 Å². The van der Waals surface area contributed by atoms with Crippen LogP contribution in [0, 0.1) is 0 Å². The van der Waals surface area contributed by atoms with Crippen molar-refractivity contribution >= 4 is 8.32 Å². The molecule has 2 aliphatic heterocycles. The van der Waals surface area contributed by atoms with Crippen molar-refractivity contribution in [2.45, 2.75) is 109 Å². The summed E-state index contributed by atoms with van der Waals surface area (Å²) in [5.74, 6) is -1.39. The number of hydrogen-bond donors (Lipinski definition) is 1. The molecule has 2 heterocycles. The third kappa shape index (κ3) is 5.07. The van der Waals surface area contributed by atoms with Gasteiger partial charge in [0.2, 0.25) is 0 Å². The number of hydrogen-bond acceptors (Lipinski definition) is 6. The zero-order valence-electron chi connectivity index (χ0n) is 17.5. The zero-order chi connectivity index (χ0) is 19.6. The highest BCUT2D eigenvalue weighted by Crippen LogP contribution is 2.39. The van der Waals surface area contributed by atoms with E-state index in [4.69, 9.17) is 23.4 Å². The predicted octanol–water partition coefficient (Wildman–Crippen LogP) is 3.43. The molecule has 0 amide bonds. The molecule has 0 radical (unpaired) electrons. The van der Waals surface area contributed by atoms with Crippen LogP contribution >= 0.6 is 0 Å². The van der Waals surface area contributed by atoms with Crippen molar-refractivity contribution in [1.29, 1.82) is 0 Å². The van der Waals surface area contributed by atoms with Crippen molar-refractivity contribution in [2.24, 2.45) is 0 Å². The molecule has 0 aliphatic carbocycles. The van der Waals surface area contributed by atoms with Crippen molar-refractivity contribution in [3.63, 3.8) is 0 Å². The highest BCUT2D eigenvalue weighted by atomic mass is 28.4. The Balaban J connectivity index is 2.26. The van der Waals surface area contributed by atoms with Crippen LogP contribution in [0.3, 0.4) is 0 Å². The molecule has 0 aromatic heterocycles. The van der Waals surface area contributed by atoms with E-state index in [2.05, 4.69) is 20.8 Å². The molecule has 1 N–H and O–H groups in total. The Hall–Kier alpha value is -0.0231. The molecule has 0 saturated carbocycles. The Morgan fingerprint density at radius 3 is 2.04 bits per heavy atom. The first-order valence-corrected chi connectivity index (χ1v) is 12.6. The third-order valence-corrected chi connectivity index (χ3v) is 10.3. The molecule has 2 rings (SSSR count). The lowest BCUT2D eigenvalue weighted by Gasteiger charge is -2.46. The van der Waals surface area contributed by atoms with Crippen LogP contribution < -0.4 is 0 Å². The van der Waals surface area contributed by atoms with Crippen molar-refractivity contribution in [2.75, 3.05) is 13.2 Å². The SMILES string of the molecule is CC[Si](CC)(CC)OC1COC(C)(C)O[C@H]1[C@@H]1OC(C)(C)OC1CCO. The molecule has 0 bridgehead atoms. The number of aliphatic hydroxyl groups is 1. The van der Waals surface area contributed by atoms with Gasteiger partial charge < -0.3 is 28.5 Å². The lowest BCUT2D eigenvalue weighted by molar-refractivity contribution is -0.320. The maximum absolute atomic E-state index is 9.46. The summed E-state index contributed by atoms with van der Waals surface area (Å²) in [6.07, 6.45) is -0.463. The fourth-order valence-corrected chi connectivity index (χ4v) is 6.85. The summed E-state index contributed by atoms with van der Waals surface area (Å²) in [5, 5.41) is 9.46. The molecule has 154 valence electrons. The highest BCUT2D eigenvalue weighted by molar-refractivity contribution is 6.73. The van der Waals surface area contributed by atoms with Crippen LogP contribution in [0.4, 0.5) is 0 Å². The van der Waals surface area contributed by atoms with E-state index < -0.39 is 19.9 Å². The van der Waals surface area contributed by atoms with Gasteiger partial charge in [0.05, 0.1) is 18.8 Å². The van der Waals surface area contributed by atoms with E-state index in [-0.39, 0.29) is 31.0 Å². The van der Waals surface area contributed by atoms with Crippen LogP contribution in [0.25, 0.3) is 0 Å². The Morgan fingerprint density at radius 1 is 0.923 bits per heavy atom. The van der Waals surface area contributed by atoms with Crippen LogP contribution in [-0.2, 0) is 23.4 Å². The first-order valence-electron chi connectivity index (χ1n) is 10.1. The molecule has 2 aliphatic rings. The standard InChI is InChI=1S/C19H38O6Si/c1-8-26(9-2,10-3)25-15-13-21-18(4,5)23-17(15)16-14(11-12-20)22-19(6,7)24-16/h14-17,20H,8-13H2,1-7H3/t14?,15?,16-,17-/m1/s1. The molecule has 0 spiro atoms. The summed E-state index contributed by atoms with van der Waals surface area (Å²) in [6.45, 7) is 14.8. The van der Waals surface area contributed by atoms with Gasteiger partial charge in [-0.05, 0) is 52.2 Å². The van der Waals surface area contributed by atoms with E-state index in [9.17, 15) is 5.11 Å². The molecule has 2 unspecified atom stereocenters. The van der Waals surface area contributed by atoms with Gasteiger partial charge in [0.15, 0.2) is 19.9 Å². The summed E-state index contributed by atoms with van der Waals surface area (Å²) in [4.78, 5) is 0. The summed E-state index contributed by atoms with van der Waals surface area (Å²) < 4.78 is 31.2. The Labute approximate surface area is 159 Å². The van der Waals surface area contributed by atoms with E-state index in [1.165, 1.54) is 0 Å². The van der Waals surface area contributed by atoms with E-state index in [0.29, 0.717) is 13.0 Å². The second kappa shape index (κ2) is 8.55. The zero-order valence-corrected chi connectivity index (χ0v) is 18.5. The monoisotopic (exact) mass is 390 g/mol. The molecular weight excluding hydrogens is 352 g/mol. The summed E-state index contributed by atoms with van der Waals surface area (Å²) >= 11 is 0. The smallest absolute Gasteiger partial charge is 0.192 e. The Morgan fingerprint density at radius 2 is 1.50 bits per heavy atom. The van der Waals surface area contributed by atoms with Crippen LogP contribution in [0.15, 0.2) is 0 Å². The van der Waals surface area contributed by atoms with Crippen molar-refractivity contribution in [1.82, 2.24) is 0 Å². The van der Waals surface area contributed by atoms with E-state index >= 15 is 0 Å². The Bertz CT molecular complexity index is 443. The van der Waals surface area contributed by atoms with Gasteiger partial charge in [0, 0.05) is 6.61 Å². The summed E-state index contributed by atoms with van der Waals surface area (Å²) in [5.41, 5.74) is 0. The van der Waals surface area contributed by atoms with Crippen LogP contribution in [0.2, 0.25) is 18.1 Å². The molecule has 6 nitrogen and oxygen atoms in total. The second-order valence-corrected chi connectivity index (χ2v) is 13.1. The van der Waals surface area contributed by atoms with Gasteiger partial charge in [0.1, 0.15) is 12.2 Å². The first kappa shape index (κ1) is 22.3. The topological polar surface area (TPSA) is 66.4 Å². The lowest BCUT2D eigenvalue weighted by atomic mass is 10.00. The maximum Gasteiger partial charge on any atom is 0.192 e. The second-order valence-electron chi connectivity index (χ2n) is 8.34. The van der Waals surface area contributed by atoms with Crippen molar-refractivity contribution in [3.8, 4) is 0 Å². The highest BCUT2D eigenvalue weighted by Gasteiger charge is 2.52. The van der Waals surface area contributed by atoms with Gasteiger partial charge in [-0.2, -0.15) is 0 Å². The van der Waals surface area contributed by atoms with Crippen LogP contribution in [0.1, 0.15) is 54.9 Å². The average Bonchev–Trinajstić information content (AvgIpc) is 2.88. The predicted molar refractivity (Wildman–Crippen MR) is 103 cm³/mol. The molecule has 0 aromatic rings. The molecule has 7 heteroatoms. The van der Waals surface area contributed by atoms with E-state index in [1.54, 1.807) is 0 Å². The fraction of sp³-hybridized carbons (Fsp3) is 1.00. The number of ether oxygens (including phenoxy) is 4. The molecule has 2 saturated heterocycles. The fourth-order valence-electron chi connectivity index (χ4n) is 4.01. The Kier molecular flexibility index (Phi) is 7.32. The summed E-state index contributed by atoms with van der Waals surface area (Å²) in [7, 11) is -1.83. The molecule has 4 atom stereocenters. The van der Waals surface area contributed by atoms with Gasteiger partial charge in [-0.1, -0.05) is 20.8 Å². The quantitative estimate of drug-likeness (QED) is 0.641. The molecule has 2 fully saturated rings. The van der Waals surface area contributed by atoms with Gasteiger partial charge in [-0.3, -0.25) is 0 Å². The first-order chi connectivity index (χ1) is 12.1. The van der Waals surface area contributed by atoms with E-state index in [1.807, 2.05) is 27.7 Å². The lowest BCUT2D eigenvalue weighted by Crippen LogP contribution is -2.59. The minimum absolute atomic E-state index is 0.0519.